The third-order valence-corrected chi connectivity index (χ3v) is 5.65. The second-order valence-electron chi connectivity index (χ2n) is 7.28. The summed E-state index contributed by atoms with van der Waals surface area (Å²) in [7, 11) is 1.81. The van der Waals surface area contributed by atoms with E-state index in [4.69, 9.17) is 11.6 Å². The van der Waals surface area contributed by atoms with Gasteiger partial charge >= 0.3 is 6.03 Å². The second kappa shape index (κ2) is 8.36. The first-order valence-corrected chi connectivity index (χ1v) is 10.2. The number of H-pyrrole nitrogens is 1. The van der Waals surface area contributed by atoms with Crippen LogP contribution in [0.5, 0.6) is 0 Å². The van der Waals surface area contributed by atoms with Crippen molar-refractivity contribution in [2.75, 3.05) is 32.0 Å². The van der Waals surface area contributed by atoms with Gasteiger partial charge in [0, 0.05) is 49.6 Å². The van der Waals surface area contributed by atoms with Gasteiger partial charge in [0.1, 0.15) is 11.5 Å². The van der Waals surface area contributed by atoms with Crippen LogP contribution in [0.2, 0.25) is 5.02 Å². The predicted octanol–water partition coefficient (Wildman–Crippen LogP) is 5.26. The Morgan fingerprint density at radius 1 is 1.37 bits per heavy atom. The zero-order valence-corrected chi connectivity index (χ0v) is 17.6. The molecule has 3 aromatic rings. The van der Waals surface area contributed by atoms with Gasteiger partial charge in [-0.1, -0.05) is 17.7 Å². The average molecular weight is 428 g/mol. The molecule has 1 aromatic carbocycles. The van der Waals surface area contributed by atoms with E-state index in [0.717, 1.165) is 34.4 Å². The molecule has 2 N–H and O–H groups in total. The third kappa shape index (κ3) is 3.98. The van der Waals surface area contributed by atoms with Crippen molar-refractivity contribution in [3.8, 4) is 0 Å². The number of benzene rings is 1. The van der Waals surface area contributed by atoms with Gasteiger partial charge in [-0.3, -0.25) is 0 Å². The number of aromatic nitrogens is 2. The Bertz CT molecular complexity index is 1130. The normalized spacial score (nSPS) is 14.0. The summed E-state index contributed by atoms with van der Waals surface area (Å²) in [6.07, 6.45) is 4.57. The molecule has 0 bridgehead atoms. The predicted molar refractivity (Wildman–Crippen MR) is 119 cm³/mol. The molecule has 0 saturated carbocycles. The highest BCUT2D eigenvalue weighted by Crippen LogP contribution is 2.31. The molecule has 0 radical (unpaired) electrons. The Hall–Kier alpha value is -3.06. The van der Waals surface area contributed by atoms with Gasteiger partial charge in [-0.25, -0.2) is 14.2 Å². The van der Waals surface area contributed by atoms with Crippen molar-refractivity contribution >= 4 is 45.6 Å². The number of carbonyl (C=O) groups excluding carboxylic acids is 1. The molecule has 4 rings (SSSR count). The van der Waals surface area contributed by atoms with Crippen molar-refractivity contribution in [1.82, 2.24) is 19.8 Å². The number of nitrogens with one attached hydrogen (secondary N) is 2. The summed E-state index contributed by atoms with van der Waals surface area (Å²) in [5.41, 5.74) is 4.45. The van der Waals surface area contributed by atoms with E-state index >= 15 is 0 Å². The second-order valence-corrected chi connectivity index (χ2v) is 7.69. The van der Waals surface area contributed by atoms with Crippen LogP contribution in [-0.4, -0.2) is 52.5 Å². The molecule has 156 valence electrons. The van der Waals surface area contributed by atoms with E-state index in [1.165, 1.54) is 6.07 Å². The highest BCUT2D eigenvalue weighted by atomic mass is 35.5. The van der Waals surface area contributed by atoms with Gasteiger partial charge < -0.3 is 20.1 Å². The maximum absolute atomic E-state index is 13.4. The molecular weight excluding hydrogens is 405 g/mol. The topological polar surface area (TPSA) is 64.3 Å². The summed E-state index contributed by atoms with van der Waals surface area (Å²) in [6, 6.07) is 8.50. The van der Waals surface area contributed by atoms with E-state index in [-0.39, 0.29) is 11.1 Å². The van der Waals surface area contributed by atoms with Crippen molar-refractivity contribution in [3.05, 3.63) is 59.1 Å². The number of aromatic amines is 1. The Balaban J connectivity index is 1.57. The molecule has 3 heterocycles. The number of rotatable bonds is 4. The van der Waals surface area contributed by atoms with Crippen molar-refractivity contribution in [2.45, 2.75) is 13.3 Å². The van der Waals surface area contributed by atoms with Gasteiger partial charge in [-0.05, 0) is 49.2 Å². The molecule has 6 nitrogen and oxygen atoms in total. The van der Waals surface area contributed by atoms with Gasteiger partial charge in [0.15, 0.2) is 0 Å². The molecule has 1 aliphatic rings. The zero-order chi connectivity index (χ0) is 21.3. The fourth-order valence-corrected chi connectivity index (χ4v) is 3.68. The summed E-state index contributed by atoms with van der Waals surface area (Å²) < 4.78 is 13.4. The minimum atomic E-state index is -0.451. The van der Waals surface area contributed by atoms with Crippen LogP contribution in [0.4, 0.5) is 20.6 Å². The van der Waals surface area contributed by atoms with Crippen LogP contribution >= 0.6 is 11.6 Å². The molecule has 0 fully saturated rings. The Kier molecular flexibility index (Phi) is 5.63. The first-order valence-electron chi connectivity index (χ1n) is 9.85. The first kappa shape index (κ1) is 20.2. The lowest BCUT2D eigenvalue weighted by molar-refractivity contribution is 0.169. The van der Waals surface area contributed by atoms with E-state index in [1.54, 1.807) is 23.2 Å². The molecule has 0 atom stereocenters. The maximum atomic E-state index is 13.4. The standard InChI is InChI=1S/C22H23ClFN5O/c1-3-28(2)22(30)29-10-7-14(8-11-29)20-13-16-19(6-9-25-21(16)27-20)26-15-4-5-18(24)17(23)12-15/h4-7,9,12-13H,3,8,10-11H2,1-2H3,(H2,25,26,27). The fraction of sp³-hybridized carbons (Fsp3) is 0.273. The van der Waals surface area contributed by atoms with E-state index in [9.17, 15) is 9.18 Å². The average Bonchev–Trinajstić information content (AvgIpc) is 3.21. The molecule has 0 saturated heterocycles. The highest BCUT2D eigenvalue weighted by Gasteiger charge is 2.21. The lowest BCUT2D eigenvalue weighted by atomic mass is 10.0. The number of fused-ring (bicyclic) bond motifs is 1. The van der Waals surface area contributed by atoms with Gasteiger partial charge in [-0.15, -0.1) is 0 Å². The van der Waals surface area contributed by atoms with E-state index in [0.29, 0.717) is 25.3 Å². The van der Waals surface area contributed by atoms with Gasteiger partial charge in [0.2, 0.25) is 0 Å². The van der Waals surface area contributed by atoms with E-state index < -0.39 is 5.82 Å². The third-order valence-electron chi connectivity index (χ3n) is 5.36. The lowest BCUT2D eigenvalue weighted by Gasteiger charge is -2.30. The Morgan fingerprint density at radius 3 is 2.90 bits per heavy atom. The minimum Gasteiger partial charge on any atom is -0.355 e. The Morgan fingerprint density at radius 2 is 2.20 bits per heavy atom. The van der Waals surface area contributed by atoms with E-state index in [2.05, 4.69) is 27.4 Å². The number of amides is 2. The van der Waals surface area contributed by atoms with Gasteiger partial charge in [-0.2, -0.15) is 0 Å². The summed E-state index contributed by atoms with van der Waals surface area (Å²) in [5.74, 6) is -0.451. The van der Waals surface area contributed by atoms with E-state index in [1.807, 2.05) is 24.9 Å². The van der Waals surface area contributed by atoms with Crippen LogP contribution in [0.1, 0.15) is 19.0 Å². The van der Waals surface area contributed by atoms with Gasteiger partial charge in [0.05, 0.1) is 10.7 Å². The van der Waals surface area contributed by atoms with Crippen molar-refractivity contribution in [2.24, 2.45) is 0 Å². The van der Waals surface area contributed by atoms with Crippen molar-refractivity contribution in [3.63, 3.8) is 0 Å². The van der Waals surface area contributed by atoms with Crippen LogP contribution in [0, 0.1) is 5.82 Å². The minimum absolute atomic E-state index is 0.0514. The number of halogens is 2. The molecule has 0 aliphatic carbocycles. The molecular formula is C22H23ClFN5O. The molecule has 0 unspecified atom stereocenters. The summed E-state index contributed by atoms with van der Waals surface area (Å²) >= 11 is 5.89. The number of pyridine rings is 1. The number of carbonyl (C=O) groups is 1. The SMILES string of the molecule is CCN(C)C(=O)N1CC=C(c2cc3c(Nc4ccc(F)c(Cl)c4)ccnc3[nH]2)CC1. The summed E-state index contributed by atoms with van der Waals surface area (Å²) in [5, 5.41) is 4.28. The molecule has 2 amide bonds. The Labute approximate surface area is 179 Å². The van der Waals surface area contributed by atoms with Crippen molar-refractivity contribution in [1.29, 1.82) is 0 Å². The summed E-state index contributed by atoms with van der Waals surface area (Å²) in [4.78, 5) is 23.7. The molecule has 30 heavy (non-hydrogen) atoms. The smallest absolute Gasteiger partial charge is 0.320 e. The van der Waals surface area contributed by atoms with Crippen LogP contribution in [0.3, 0.4) is 0 Å². The number of urea groups is 1. The van der Waals surface area contributed by atoms with Crippen LogP contribution in [-0.2, 0) is 0 Å². The van der Waals surface area contributed by atoms with Crippen LogP contribution in [0.25, 0.3) is 16.6 Å². The molecule has 2 aromatic heterocycles. The fourth-order valence-electron chi connectivity index (χ4n) is 3.50. The molecule has 1 aliphatic heterocycles. The van der Waals surface area contributed by atoms with Crippen molar-refractivity contribution < 1.29 is 9.18 Å². The number of hydrogen-bond donors (Lipinski definition) is 2. The lowest BCUT2D eigenvalue weighted by Crippen LogP contribution is -2.43. The maximum Gasteiger partial charge on any atom is 0.320 e. The largest absolute Gasteiger partial charge is 0.355 e. The number of anilines is 2. The van der Waals surface area contributed by atoms with Crippen LogP contribution < -0.4 is 5.32 Å². The number of nitrogens with zero attached hydrogens (tertiary/aromatic N) is 3. The van der Waals surface area contributed by atoms with Gasteiger partial charge in [0.25, 0.3) is 0 Å². The number of hydrogen-bond acceptors (Lipinski definition) is 3. The monoisotopic (exact) mass is 427 g/mol. The zero-order valence-electron chi connectivity index (χ0n) is 16.9. The highest BCUT2D eigenvalue weighted by molar-refractivity contribution is 6.31. The first-order chi connectivity index (χ1) is 14.5. The molecule has 8 heteroatoms. The van der Waals surface area contributed by atoms with Crippen LogP contribution in [0.15, 0.2) is 42.6 Å². The summed E-state index contributed by atoms with van der Waals surface area (Å²) in [6.45, 7) is 3.91. The molecule has 0 spiro atoms. The quantitative estimate of drug-likeness (QED) is 0.597.